The summed E-state index contributed by atoms with van der Waals surface area (Å²) in [5, 5.41) is 0. The molecule has 0 aromatic heterocycles. The van der Waals surface area contributed by atoms with E-state index in [4.69, 9.17) is 0 Å². The van der Waals surface area contributed by atoms with E-state index in [1.165, 1.54) is 0 Å². The molecule has 0 saturated heterocycles. The van der Waals surface area contributed by atoms with Crippen molar-refractivity contribution in [2.45, 2.75) is 30.4 Å². The highest BCUT2D eigenvalue weighted by Gasteiger charge is 2.20. The van der Waals surface area contributed by atoms with E-state index in [2.05, 4.69) is 6.58 Å². The van der Waals surface area contributed by atoms with Gasteiger partial charge in [0.1, 0.15) is 0 Å². The Kier molecular flexibility index (Phi) is 3.27. The first-order valence-electron chi connectivity index (χ1n) is 4.59. The molecule has 0 heterocycles. The predicted molar refractivity (Wildman–Crippen MR) is 62.7 cm³/mol. The summed E-state index contributed by atoms with van der Waals surface area (Å²) in [5.41, 5.74) is 1.06. The summed E-state index contributed by atoms with van der Waals surface area (Å²) in [6, 6.07) is 7.68. The first-order chi connectivity index (χ1) is 6.45. The average molecular weight is 208 g/mol. The first kappa shape index (κ1) is 11.2. The molecule has 76 valence electrons. The third-order valence-corrected chi connectivity index (χ3v) is 3.70. The quantitative estimate of drug-likeness (QED) is 0.729. The van der Waals surface area contributed by atoms with Gasteiger partial charge in [-0.05, 0) is 38.5 Å². The largest absolute Gasteiger partial charge is 0.254 e. The average Bonchev–Trinajstić information content (AvgIpc) is 2.15. The molecule has 0 aliphatic rings. The van der Waals surface area contributed by atoms with Crippen LogP contribution in [0.4, 0.5) is 0 Å². The Labute approximate surface area is 88.3 Å². The van der Waals surface area contributed by atoms with E-state index in [0.29, 0.717) is 0 Å². The van der Waals surface area contributed by atoms with E-state index in [1.54, 1.807) is 6.08 Å². The Morgan fingerprint density at radius 3 is 2.07 bits per heavy atom. The van der Waals surface area contributed by atoms with Gasteiger partial charge < -0.3 is 0 Å². The fourth-order valence-electron chi connectivity index (χ4n) is 1.08. The van der Waals surface area contributed by atoms with Gasteiger partial charge in [0.2, 0.25) is 0 Å². The molecule has 1 rings (SSSR count). The minimum atomic E-state index is -0.945. The van der Waals surface area contributed by atoms with Gasteiger partial charge in [-0.15, -0.1) is 0 Å². The lowest BCUT2D eigenvalue weighted by molar-refractivity contribution is 0.649. The minimum absolute atomic E-state index is 0.199. The Hall–Kier alpha value is -0.890. The number of hydrogen-bond donors (Lipinski definition) is 0. The van der Waals surface area contributed by atoms with Crippen molar-refractivity contribution in [2.24, 2.45) is 0 Å². The smallest absolute Gasteiger partial charge is 0.0583 e. The second kappa shape index (κ2) is 4.09. The second-order valence-corrected chi connectivity index (χ2v) is 6.39. The van der Waals surface area contributed by atoms with Gasteiger partial charge in [-0.2, -0.15) is 0 Å². The van der Waals surface area contributed by atoms with Crippen molar-refractivity contribution in [3.8, 4) is 0 Å². The summed E-state index contributed by atoms with van der Waals surface area (Å²) in [7, 11) is -0.945. The Morgan fingerprint density at radius 1 is 1.21 bits per heavy atom. The molecule has 1 atom stereocenters. The third-order valence-electron chi connectivity index (χ3n) is 1.89. The zero-order valence-corrected chi connectivity index (χ0v) is 9.73. The maximum atomic E-state index is 12.0. The fraction of sp³-hybridized carbons (Fsp3) is 0.333. The highest BCUT2D eigenvalue weighted by molar-refractivity contribution is 7.86. The van der Waals surface area contributed by atoms with Crippen LogP contribution in [0.5, 0.6) is 0 Å². The zero-order valence-electron chi connectivity index (χ0n) is 8.91. The summed E-state index contributed by atoms with van der Waals surface area (Å²) in [4.78, 5) is 0.878. The summed E-state index contributed by atoms with van der Waals surface area (Å²) >= 11 is 0. The minimum Gasteiger partial charge on any atom is -0.254 e. The van der Waals surface area contributed by atoms with Crippen molar-refractivity contribution in [1.29, 1.82) is 0 Å². The van der Waals surface area contributed by atoms with Gasteiger partial charge in [-0.3, -0.25) is 4.21 Å². The number of hydrogen-bond acceptors (Lipinski definition) is 1. The highest BCUT2D eigenvalue weighted by atomic mass is 32.2. The maximum absolute atomic E-state index is 12.0. The molecule has 0 aliphatic heterocycles. The van der Waals surface area contributed by atoms with Gasteiger partial charge in [-0.25, -0.2) is 0 Å². The van der Waals surface area contributed by atoms with E-state index >= 15 is 0 Å². The lowest BCUT2D eigenvalue weighted by Crippen LogP contribution is -2.21. The molecule has 0 amide bonds. The molecule has 0 fully saturated rings. The molecular weight excluding hydrogens is 192 g/mol. The summed E-state index contributed by atoms with van der Waals surface area (Å²) in [6.45, 7) is 9.61. The van der Waals surface area contributed by atoms with Crippen LogP contribution < -0.4 is 0 Å². The summed E-state index contributed by atoms with van der Waals surface area (Å²) < 4.78 is 11.8. The van der Waals surface area contributed by atoms with Gasteiger partial charge in [0.25, 0.3) is 0 Å². The van der Waals surface area contributed by atoms with Crippen LogP contribution in [-0.4, -0.2) is 8.96 Å². The van der Waals surface area contributed by atoms with Crippen molar-refractivity contribution in [2.75, 3.05) is 0 Å². The van der Waals surface area contributed by atoms with Crippen LogP contribution in [0.25, 0.3) is 6.08 Å². The molecular formula is C12H16OS. The van der Waals surface area contributed by atoms with E-state index in [9.17, 15) is 4.21 Å². The van der Waals surface area contributed by atoms with Crippen molar-refractivity contribution < 1.29 is 4.21 Å². The summed E-state index contributed by atoms with van der Waals surface area (Å²) in [6.07, 6.45) is 1.78. The fourth-order valence-corrected chi connectivity index (χ4v) is 2.17. The van der Waals surface area contributed by atoms with Crippen molar-refractivity contribution in [3.05, 3.63) is 36.4 Å². The van der Waals surface area contributed by atoms with E-state index in [1.807, 2.05) is 45.0 Å². The molecule has 1 aromatic rings. The lowest BCUT2D eigenvalue weighted by atomic mass is 10.2. The van der Waals surface area contributed by atoms with E-state index < -0.39 is 10.8 Å². The van der Waals surface area contributed by atoms with Gasteiger partial charge in [0.15, 0.2) is 0 Å². The molecule has 2 heteroatoms. The second-order valence-electron chi connectivity index (χ2n) is 4.15. The van der Waals surface area contributed by atoms with Crippen LogP contribution in [0, 0.1) is 0 Å². The molecule has 14 heavy (non-hydrogen) atoms. The molecule has 0 bridgehead atoms. The van der Waals surface area contributed by atoms with Gasteiger partial charge in [0.05, 0.1) is 10.8 Å². The monoisotopic (exact) mass is 208 g/mol. The number of rotatable bonds is 2. The predicted octanol–water partition coefficient (Wildman–Crippen LogP) is 3.24. The topological polar surface area (TPSA) is 17.1 Å². The molecule has 0 aliphatic carbocycles. The van der Waals surface area contributed by atoms with Crippen LogP contribution in [0.2, 0.25) is 0 Å². The van der Waals surface area contributed by atoms with E-state index in [0.717, 1.165) is 10.5 Å². The standard InChI is InChI=1S/C12H16OS/c1-5-10-6-8-11(9-7-10)14(13)12(2,3)4/h5-9H,1H2,2-4H3. The Balaban J connectivity index is 2.98. The van der Waals surface area contributed by atoms with Gasteiger partial charge >= 0.3 is 0 Å². The summed E-state index contributed by atoms with van der Waals surface area (Å²) in [5.74, 6) is 0. The van der Waals surface area contributed by atoms with Gasteiger partial charge in [0, 0.05) is 9.64 Å². The van der Waals surface area contributed by atoms with Crippen LogP contribution in [0.3, 0.4) is 0 Å². The SMILES string of the molecule is C=Cc1ccc(S(=O)C(C)(C)C)cc1. The molecule has 0 spiro atoms. The molecule has 0 saturated carbocycles. The lowest BCUT2D eigenvalue weighted by Gasteiger charge is -2.17. The van der Waals surface area contributed by atoms with Crippen LogP contribution >= 0.6 is 0 Å². The number of benzene rings is 1. The van der Waals surface area contributed by atoms with Crippen molar-refractivity contribution in [1.82, 2.24) is 0 Å². The van der Waals surface area contributed by atoms with Crippen LogP contribution in [0.15, 0.2) is 35.7 Å². The Bertz CT molecular complexity index is 344. The van der Waals surface area contributed by atoms with Crippen molar-refractivity contribution in [3.63, 3.8) is 0 Å². The molecule has 0 radical (unpaired) electrons. The zero-order chi connectivity index (χ0) is 10.8. The van der Waals surface area contributed by atoms with Crippen LogP contribution in [-0.2, 0) is 10.8 Å². The van der Waals surface area contributed by atoms with Gasteiger partial charge in [-0.1, -0.05) is 24.8 Å². The Morgan fingerprint density at radius 2 is 1.71 bits per heavy atom. The van der Waals surface area contributed by atoms with Crippen molar-refractivity contribution >= 4 is 16.9 Å². The molecule has 1 nitrogen and oxygen atoms in total. The van der Waals surface area contributed by atoms with E-state index in [-0.39, 0.29) is 4.75 Å². The maximum Gasteiger partial charge on any atom is 0.0583 e. The third kappa shape index (κ3) is 2.55. The first-order valence-corrected chi connectivity index (χ1v) is 5.74. The highest BCUT2D eigenvalue weighted by Crippen LogP contribution is 2.20. The normalized spacial score (nSPS) is 13.6. The molecule has 1 unspecified atom stereocenters. The van der Waals surface area contributed by atoms with Crippen LogP contribution in [0.1, 0.15) is 26.3 Å². The molecule has 0 N–H and O–H groups in total. The molecule has 1 aromatic carbocycles.